The molecular formula is C16H26ClN3OS2. The van der Waals surface area contributed by atoms with Crippen molar-refractivity contribution in [1.82, 2.24) is 9.21 Å². The molecule has 0 aliphatic rings. The molecule has 1 atom stereocenters. The van der Waals surface area contributed by atoms with Crippen LogP contribution in [-0.4, -0.2) is 60.9 Å². The number of allylic oxidation sites excluding steroid dienone is 1. The first-order valence-corrected chi connectivity index (χ1v) is 9.52. The predicted octanol–water partition coefficient (Wildman–Crippen LogP) is 4.32. The summed E-state index contributed by atoms with van der Waals surface area (Å²) in [5.41, 5.74) is 0.838. The second-order valence-electron chi connectivity index (χ2n) is 5.36. The number of rotatable bonds is 10. The fourth-order valence-electron chi connectivity index (χ4n) is 1.99. The molecule has 0 aromatic carbocycles. The summed E-state index contributed by atoms with van der Waals surface area (Å²) >= 11 is 9.56. The molecule has 0 bridgehead atoms. The van der Waals surface area contributed by atoms with E-state index in [1.807, 2.05) is 26.1 Å². The van der Waals surface area contributed by atoms with Crippen molar-refractivity contribution in [2.24, 2.45) is 4.99 Å². The third-order valence-corrected chi connectivity index (χ3v) is 6.38. The first-order valence-electron chi connectivity index (χ1n) is 7.55. The van der Waals surface area contributed by atoms with Crippen LogP contribution >= 0.6 is 34.9 Å². The highest BCUT2D eigenvalue weighted by Crippen LogP contribution is 2.41. The van der Waals surface area contributed by atoms with E-state index in [9.17, 15) is 0 Å². The maximum atomic E-state index is 8.99. The van der Waals surface area contributed by atoms with E-state index in [1.165, 1.54) is 0 Å². The minimum atomic E-state index is 0.201. The van der Waals surface area contributed by atoms with Crippen LogP contribution in [0.1, 0.15) is 25.1 Å². The minimum Gasteiger partial charge on any atom is -0.395 e. The van der Waals surface area contributed by atoms with E-state index in [1.54, 1.807) is 23.3 Å². The fourth-order valence-corrected chi connectivity index (χ4v) is 4.47. The van der Waals surface area contributed by atoms with E-state index in [4.69, 9.17) is 16.7 Å². The summed E-state index contributed by atoms with van der Waals surface area (Å²) in [4.78, 5) is 7.20. The molecule has 1 aromatic rings. The van der Waals surface area contributed by atoms with E-state index < -0.39 is 0 Å². The van der Waals surface area contributed by atoms with Gasteiger partial charge < -0.3 is 10.0 Å². The van der Waals surface area contributed by atoms with Gasteiger partial charge >= 0.3 is 0 Å². The number of hydrogen-bond donors (Lipinski definition) is 1. The molecule has 1 unspecified atom stereocenters. The molecular weight excluding hydrogens is 350 g/mol. The number of nitrogens with zero attached hydrogens (tertiary/aromatic N) is 3. The Hall–Kier alpha value is -0.370. The molecule has 0 amide bonds. The molecule has 0 fully saturated rings. The van der Waals surface area contributed by atoms with Gasteiger partial charge in [0.05, 0.1) is 26.4 Å². The summed E-state index contributed by atoms with van der Waals surface area (Å²) < 4.78 is 3.37. The van der Waals surface area contributed by atoms with E-state index in [2.05, 4.69) is 34.9 Å². The van der Waals surface area contributed by atoms with E-state index >= 15 is 0 Å². The van der Waals surface area contributed by atoms with Crippen molar-refractivity contribution in [3.05, 3.63) is 17.0 Å². The van der Waals surface area contributed by atoms with E-state index in [-0.39, 0.29) is 6.61 Å². The molecule has 7 heteroatoms. The van der Waals surface area contributed by atoms with Crippen molar-refractivity contribution >= 4 is 52.3 Å². The third-order valence-electron chi connectivity index (χ3n) is 3.64. The average Bonchev–Trinajstić information content (AvgIpc) is 2.94. The number of aliphatic hydroxyl groups excluding tert-OH is 1. The lowest BCUT2D eigenvalue weighted by atomic mass is 10.2. The summed E-state index contributed by atoms with van der Waals surface area (Å²) in [6.07, 6.45) is 2.92. The van der Waals surface area contributed by atoms with Crippen molar-refractivity contribution in [1.29, 1.82) is 0 Å². The van der Waals surface area contributed by atoms with Crippen LogP contribution in [0.5, 0.6) is 0 Å². The van der Waals surface area contributed by atoms with Gasteiger partial charge in [-0.2, -0.15) is 0 Å². The van der Waals surface area contributed by atoms with E-state index in [0.29, 0.717) is 17.6 Å². The number of halogens is 1. The Morgan fingerprint density at radius 2 is 2.22 bits per heavy atom. The smallest absolute Gasteiger partial charge is 0.0829 e. The summed E-state index contributed by atoms with van der Waals surface area (Å²) in [6, 6.07) is 2.47. The van der Waals surface area contributed by atoms with Gasteiger partial charge in [0, 0.05) is 19.1 Å². The van der Waals surface area contributed by atoms with Crippen LogP contribution in [0.2, 0.25) is 0 Å². The van der Waals surface area contributed by atoms with Gasteiger partial charge in [0.1, 0.15) is 0 Å². The number of aliphatic hydroxyl groups is 1. The van der Waals surface area contributed by atoms with Crippen molar-refractivity contribution < 1.29 is 5.11 Å². The number of thiophene rings is 1. The zero-order valence-corrected chi connectivity index (χ0v) is 16.6. The molecule has 0 saturated heterocycles. The quantitative estimate of drug-likeness (QED) is 0.488. The zero-order valence-electron chi connectivity index (χ0n) is 14.3. The lowest BCUT2D eigenvalue weighted by Gasteiger charge is -2.25. The highest BCUT2D eigenvalue weighted by atomic mass is 35.5. The van der Waals surface area contributed by atoms with Crippen LogP contribution in [0, 0.1) is 0 Å². The van der Waals surface area contributed by atoms with Gasteiger partial charge in [-0.1, -0.05) is 17.7 Å². The lowest BCUT2D eigenvalue weighted by Crippen LogP contribution is -2.33. The van der Waals surface area contributed by atoms with Gasteiger partial charge in [0.2, 0.25) is 0 Å². The normalized spacial score (nSPS) is 13.8. The van der Waals surface area contributed by atoms with Crippen LogP contribution in [-0.2, 0) is 0 Å². The van der Waals surface area contributed by atoms with Crippen LogP contribution in [0.3, 0.4) is 0 Å². The zero-order chi connectivity index (χ0) is 17.4. The first kappa shape index (κ1) is 20.7. The highest BCUT2D eigenvalue weighted by Gasteiger charge is 2.14. The monoisotopic (exact) mass is 375 g/mol. The van der Waals surface area contributed by atoms with E-state index in [0.717, 1.165) is 27.7 Å². The Morgan fingerprint density at radius 1 is 1.52 bits per heavy atom. The molecule has 23 heavy (non-hydrogen) atoms. The molecule has 4 nitrogen and oxygen atoms in total. The SMILES string of the molecule is C=Nc1cc(SN(C)CCC(C)N(C)CCO)sc1/C(Cl)=C\C. The highest BCUT2D eigenvalue weighted by molar-refractivity contribution is 7.99. The molecule has 1 heterocycles. The molecule has 1 rings (SSSR count). The number of likely N-dealkylation sites (N-methyl/N-ethyl adjacent to an activating group) is 1. The Kier molecular flexibility index (Phi) is 9.43. The number of hydrogen-bond acceptors (Lipinski definition) is 6. The van der Waals surface area contributed by atoms with Crippen LogP contribution in [0.15, 0.2) is 21.3 Å². The Bertz CT molecular complexity index is 533. The van der Waals surface area contributed by atoms with Crippen LogP contribution in [0.4, 0.5) is 5.69 Å². The molecule has 0 aliphatic heterocycles. The minimum absolute atomic E-state index is 0.201. The standard InChI is InChI=1S/C16H26ClN3OS2/c1-6-13(17)16-14(18-3)11-15(22-16)23-20(5)8-7-12(2)19(4)9-10-21/h6,11-12,21H,3,7-10H2,1-2,4-5H3/b13-6+. The van der Waals surface area contributed by atoms with Crippen molar-refractivity contribution in [3.63, 3.8) is 0 Å². The van der Waals surface area contributed by atoms with Gasteiger partial charge in [0.15, 0.2) is 0 Å². The van der Waals surface area contributed by atoms with Crippen LogP contribution in [0.25, 0.3) is 5.03 Å². The van der Waals surface area contributed by atoms with Gasteiger partial charge in [-0.15, -0.1) is 11.3 Å². The second kappa shape index (κ2) is 10.5. The largest absolute Gasteiger partial charge is 0.395 e. The molecule has 0 spiro atoms. The lowest BCUT2D eigenvalue weighted by molar-refractivity contribution is 0.179. The topological polar surface area (TPSA) is 39.1 Å². The van der Waals surface area contributed by atoms with Crippen molar-refractivity contribution in [2.45, 2.75) is 30.5 Å². The molecule has 130 valence electrons. The Morgan fingerprint density at radius 3 is 2.78 bits per heavy atom. The van der Waals surface area contributed by atoms with Gasteiger partial charge in [0.25, 0.3) is 0 Å². The summed E-state index contributed by atoms with van der Waals surface area (Å²) in [7, 11) is 4.13. The molecule has 0 saturated carbocycles. The third kappa shape index (κ3) is 6.57. The Balaban J connectivity index is 2.59. The molecule has 0 radical (unpaired) electrons. The molecule has 1 aromatic heterocycles. The first-order chi connectivity index (χ1) is 10.9. The Labute approximate surface area is 153 Å². The molecule has 1 N–H and O–H groups in total. The number of aliphatic imine (C=N–C) groups is 1. The summed E-state index contributed by atoms with van der Waals surface area (Å²) in [6.45, 7) is 9.59. The predicted molar refractivity (Wildman–Crippen MR) is 105 cm³/mol. The van der Waals surface area contributed by atoms with Gasteiger partial charge in [-0.3, -0.25) is 4.99 Å². The van der Waals surface area contributed by atoms with Crippen molar-refractivity contribution in [2.75, 3.05) is 33.8 Å². The fraction of sp³-hybridized carbons (Fsp3) is 0.562. The maximum Gasteiger partial charge on any atom is 0.0829 e. The van der Waals surface area contributed by atoms with Gasteiger partial charge in [-0.25, -0.2) is 4.31 Å². The summed E-state index contributed by atoms with van der Waals surface area (Å²) in [5, 5.41) is 9.70. The maximum absolute atomic E-state index is 8.99. The average molecular weight is 376 g/mol. The van der Waals surface area contributed by atoms with Crippen LogP contribution < -0.4 is 0 Å². The van der Waals surface area contributed by atoms with Crippen molar-refractivity contribution in [3.8, 4) is 0 Å². The summed E-state index contributed by atoms with van der Waals surface area (Å²) in [5.74, 6) is 0. The molecule has 0 aliphatic carbocycles. The van der Waals surface area contributed by atoms with Gasteiger partial charge in [-0.05, 0) is 59.1 Å². The second-order valence-corrected chi connectivity index (χ2v) is 8.32.